The lowest BCUT2D eigenvalue weighted by molar-refractivity contribution is 0.00151. The third-order valence-electron chi connectivity index (χ3n) is 4.87. The molecule has 4 nitrogen and oxygen atoms in total. The van der Waals surface area contributed by atoms with Crippen molar-refractivity contribution in [2.45, 2.75) is 31.4 Å². The summed E-state index contributed by atoms with van der Waals surface area (Å²) in [4.78, 5) is 4.27. The summed E-state index contributed by atoms with van der Waals surface area (Å²) in [6.07, 6.45) is 6.21. The first-order chi connectivity index (χ1) is 10.3. The highest BCUT2D eigenvalue weighted by molar-refractivity contribution is 5.68. The number of nitrogens with zero attached hydrogens (tertiary/aromatic N) is 2. The molecule has 110 valence electrons. The maximum Gasteiger partial charge on any atom is 0.0956 e. The van der Waals surface area contributed by atoms with E-state index < -0.39 is 0 Å². The number of benzene rings is 1. The summed E-state index contributed by atoms with van der Waals surface area (Å²) in [5.41, 5.74) is 3.72. The Morgan fingerprint density at radius 3 is 2.95 bits per heavy atom. The Kier molecular flexibility index (Phi) is 3.28. The van der Waals surface area contributed by atoms with Crippen LogP contribution in [0.1, 0.15) is 30.9 Å². The van der Waals surface area contributed by atoms with Crippen molar-refractivity contribution in [2.75, 3.05) is 13.2 Å². The summed E-state index contributed by atoms with van der Waals surface area (Å²) < 4.78 is 7.60. The molecule has 2 aliphatic rings. The Hall–Kier alpha value is -1.65. The second-order valence-corrected chi connectivity index (χ2v) is 6.04. The Bertz CT molecular complexity index is 631. The largest absolute Gasteiger partial charge is 0.393 e. The minimum absolute atomic E-state index is 0.205. The molecule has 0 aliphatic carbocycles. The molecule has 21 heavy (non-hydrogen) atoms. The van der Waals surface area contributed by atoms with Crippen molar-refractivity contribution in [3.63, 3.8) is 0 Å². The van der Waals surface area contributed by atoms with Crippen molar-refractivity contribution in [1.82, 2.24) is 9.55 Å². The van der Waals surface area contributed by atoms with Crippen LogP contribution < -0.4 is 0 Å². The van der Waals surface area contributed by atoms with Crippen LogP contribution in [0.2, 0.25) is 0 Å². The average molecular weight is 284 g/mol. The zero-order chi connectivity index (χ0) is 14.2. The van der Waals surface area contributed by atoms with Gasteiger partial charge in [-0.05, 0) is 30.7 Å². The lowest BCUT2D eigenvalue weighted by Crippen LogP contribution is -2.29. The first kappa shape index (κ1) is 13.0. The number of aliphatic hydroxyl groups is 1. The van der Waals surface area contributed by atoms with Gasteiger partial charge in [0.25, 0.3) is 0 Å². The van der Waals surface area contributed by atoms with Gasteiger partial charge >= 0.3 is 0 Å². The van der Waals surface area contributed by atoms with Crippen LogP contribution in [0, 0.1) is 5.92 Å². The maximum absolute atomic E-state index is 10.6. The van der Waals surface area contributed by atoms with E-state index in [0.29, 0.717) is 5.92 Å². The van der Waals surface area contributed by atoms with Crippen LogP contribution in [0.15, 0.2) is 36.8 Å². The van der Waals surface area contributed by atoms with Gasteiger partial charge in [0.15, 0.2) is 0 Å². The molecule has 0 saturated carbocycles. The first-order valence-electron chi connectivity index (χ1n) is 7.71. The summed E-state index contributed by atoms with van der Waals surface area (Å²) in [6.45, 7) is 1.55. The van der Waals surface area contributed by atoms with Gasteiger partial charge in [0.2, 0.25) is 0 Å². The third-order valence-corrected chi connectivity index (χ3v) is 4.87. The zero-order valence-electron chi connectivity index (χ0n) is 12.0. The Labute approximate surface area is 124 Å². The molecule has 0 bridgehead atoms. The summed E-state index contributed by atoms with van der Waals surface area (Å²) >= 11 is 0. The molecule has 4 heteroatoms. The number of imidazole rings is 1. The highest BCUT2D eigenvalue weighted by Gasteiger charge is 2.32. The van der Waals surface area contributed by atoms with Crippen LogP contribution in [0.25, 0.3) is 11.3 Å². The number of fused-ring (bicyclic) bond motifs is 3. The minimum atomic E-state index is -0.277. The number of aromatic nitrogens is 2. The predicted octanol–water partition coefficient (Wildman–Crippen LogP) is 2.63. The molecule has 1 aromatic heterocycles. The van der Waals surface area contributed by atoms with Crippen LogP contribution in [-0.2, 0) is 4.74 Å². The van der Waals surface area contributed by atoms with E-state index in [4.69, 9.17) is 4.74 Å². The molecule has 2 aromatic rings. The number of ether oxygens (including phenoxy) is 1. The molecule has 0 radical (unpaired) electrons. The molecular weight excluding hydrogens is 264 g/mol. The molecule has 1 N–H and O–H groups in total. The lowest BCUT2D eigenvalue weighted by atomic mass is 9.88. The van der Waals surface area contributed by atoms with Gasteiger partial charge in [-0.3, -0.25) is 0 Å². The van der Waals surface area contributed by atoms with Gasteiger partial charge in [0.1, 0.15) is 0 Å². The van der Waals surface area contributed by atoms with E-state index in [-0.39, 0.29) is 12.1 Å². The Morgan fingerprint density at radius 1 is 1.29 bits per heavy atom. The van der Waals surface area contributed by atoms with Crippen LogP contribution in [0.5, 0.6) is 0 Å². The van der Waals surface area contributed by atoms with Crippen molar-refractivity contribution in [1.29, 1.82) is 0 Å². The monoisotopic (exact) mass is 284 g/mol. The second kappa shape index (κ2) is 5.28. The maximum atomic E-state index is 10.6. The van der Waals surface area contributed by atoms with Crippen molar-refractivity contribution >= 4 is 0 Å². The highest BCUT2D eigenvalue weighted by atomic mass is 16.5. The fourth-order valence-corrected chi connectivity index (χ4v) is 3.69. The first-order valence-corrected chi connectivity index (χ1v) is 7.71. The van der Waals surface area contributed by atoms with Gasteiger partial charge in [0, 0.05) is 18.8 Å². The van der Waals surface area contributed by atoms with Crippen LogP contribution in [-0.4, -0.2) is 34.0 Å². The van der Waals surface area contributed by atoms with E-state index >= 15 is 0 Å². The highest BCUT2D eigenvalue weighted by Crippen LogP contribution is 2.42. The summed E-state index contributed by atoms with van der Waals surface area (Å²) in [6, 6.07) is 8.66. The van der Waals surface area contributed by atoms with E-state index in [1.54, 1.807) is 0 Å². The van der Waals surface area contributed by atoms with Gasteiger partial charge in [0.05, 0.1) is 30.4 Å². The molecule has 1 fully saturated rings. The molecule has 2 aliphatic heterocycles. The topological polar surface area (TPSA) is 47.3 Å². The Morgan fingerprint density at radius 2 is 2.10 bits per heavy atom. The van der Waals surface area contributed by atoms with Crippen molar-refractivity contribution in [3.05, 3.63) is 42.4 Å². The van der Waals surface area contributed by atoms with E-state index in [1.165, 1.54) is 11.1 Å². The summed E-state index contributed by atoms with van der Waals surface area (Å²) in [5, 5.41) is 10.6. The normalized spacial score (nSPS) is 22.8. The molecule has 1 aromatic carbocycles. The van der Waals surface area contributed by atoms with Crippen LogP contribution >= 0.6 is 0 Å². The third kappa shape index (κ3) is 2.19. The van der Waals surface area contributed by atoms with E-state index in [0.717, 1.165) is 38.2 Å². The average Bonchev–Trinajstić information content (AvgIpc) is 3.11. The minimum Gasteiger partial charge on any atom is -0.393 e. The molecule has 3 heterocycles. The van der Waals surface area contributed by atoms with Gasteiger partial charge in [-0.1, -0.05) is 24.3 Å². The number of hydrogen-bond donors (Lipinski definition) is 1. The quantitative estimate of drug-likeness (QED) is 0.942. The van der Waals surface area contributed by atoms with Gasteiger partial charge < -0.3 is 14.4 Å². The fourth-order valence-electron chi connectivity index (χ4n) is 3.69. The summed E-state index contributed by atoms with van der Waals surface area (Å²) in [5.74, 6) is 0.360. The molecule has 2 atom stereocenters. The SMILES string of the molecule is OC(CC1c2ccccc2-c2cncn21)C1CCOCC1. The van der Waals surface area contributed by atoms with Crippen molar-refractivity contribution in [2.24, 2.45) is 5.92 Å². The number of rotatable bonds is 3. The number of aliphatic hydroxyl groups excluding tert-OH is 1. The lowest BCUT2D eigenvalue weighted by Gasteiger charge is -2.29. The molecule has 1 saturated heterocycles. The predicted molar refractivity (Wildman–Crippen MR) is 80.0 cm³/mol. The van der Waals surface area contributed by atoms with Crippen LogP contribution in [0.4, 0.5) is 0 Å². The molecule has 2 unspecified atom stereocenters. The van der Waals surface area contributed by atoms with Gasteiger partial charge in [-0.2, -0.15) is 0 Å². The van der Waals surface area contributed by atoms with E-state index in [1.807, 2.05) is 12.5 Å². The molecular formula is C17H20N2O2. The van der Waals surface area contributed by atoms with Crippen molar-refractivity contribution < 1.29 is 9.84 Å². The standard InChI is InChI=1S/C17H20N2O2/c20-17(12-5-7-21-8-6-12)9-15-13-3-1-2-4-14(13)16-10-18-11-19(15)16/h1-4,10-12,15,17,20H,5-9H2. The van der Waals surface area contributed by atoms with E-state index in [9.17, 15) is 5.11 Å². The molecule has 0 amide bonds. The van der Waals surface area contributed by atoms with Crippen molar-refractivity contribution in [3.8, 4) is 11.3 Å². The molecule has 0 spiro atoms. The fraction of sp³-hybridized carbons (Fsp3) is 0.471. The zero-order valence-corrected chi connectivity index (χ0v) is 12.0. The van der Waals surface area contributed by atoms with Gasteiger partial charge in [-0.25, -0.2) is 4.98 Å². The molecule has 4 rings (SSSR count). The second-order valence-electron chi connectivity index (χ2n) is 6.04. The van der Waals surface area contributed by atoms with Gasteiger partial charge in [-0.15, -0.1) is 0 Å². The number of hydrogen-bond acceptors (Lipinski definition) is 3. The van der Waals surface area contributed by atoms with Crippen LogP contribution in [0.3, 0.4) is 0 Å². The smallest absolute Gasteiger partial charge is 0.0956 e. The summed E-state index contributed by atoms with van der Waals surface area (Å²) in [7, 11) is 0. The Balaban J connectivity index is 1.60. The van der Waals surface area contributed by atoms with E-state index in [2.05, 4.69) is 33.8 Å².